The molecule has 0 bridgehead atoms. The van der Waals surface area contributed by atoms with Gasteiger partial charge in [-0.1, -0.05) is 5.16 Å². The van der Waals surface area contributed by atoms with Crippen LogP contribution in [0.5, 0.6) is 0 Å². The first kappa shape index (κ1) is 22.3. The van der Waals surface area contributed by atoms with Gasteiger partial charge in [-0.25, -0.2) is 15.0 Å². The van der Waals surface area contributed by atoms with Crippen LogP contribution in [0.25, 0.3) is 22.6 Å². The fourth-order valence-electron chi connectivity index (χ4n) is 3.04. The number of thioether (sulfide) groups is 1. The Labute approximate surface area is 188 Å². The largest absolute Gasteiger partial charge is 0.416 e. The molecule has 0 aliphatic rings. The third kappa shape index (κ3) is 4.37. The summed E-state index contributed by atoms with van der Waals surface area (Å²) in [7, 11) is 0. The number of fused-ring (bicyclic) bond motifs is 1. The summed E-state index contributed by atoms with van der Waals surface area (Å²) in [5.74, 6) is -0.223. The van der Waals surface area contributed by atoms with Gasteiger partial charge in [0, 0.05) is 6.07 Å². The van der Waals surface area contributed by atoms with Crippen LogP contribution in [0.4, 0.5) is 13.2 Å². The van der Waals surface area contributed by atoms with Crippen molar-refractivity contribution in [1.29, 1.82) is 5.26 Å². The van der Waals surface area contributed by atoms with Crippen molar-refractivity contribution >= 4 is 28.7 Å². The quantitative estimate of drug-likeness (QED) is 0.327. The maximum absolute atomic E-state index is 12.9. The van der Waals surface area contributed by atoms with Gasteiger partial charge in [0.1, 0.15) is 34.4 Å². The molecule has 0 saturated heterocycles. The molecule has 1 atom stereocenters. The van der Waals surface area contributed by atoms with Gasteiger partial charge in [-0.15, -0.1) is 11.8 Å². The third-order valence-electron chi connectivity index (χ3n) is 4.69. The van der Waals surface area contributed by atoms with E-state index < -0.39 is 23.7 Å². The van der Waals surface area contributed by atoms with Gasteiger partial charge in [-0.3, -0.25) is 4.79 Å². The molecule has 1 aromatic carbocycles. The fraction of sp³-hybridized carbons (Fsp3) is 0.200. The maximum Gasteiger partial charge on any atom is 0.416 e. The highest BCUT2D eigenvalue weighted by atomic mass is 32.2. The number of aromatic nitrogens is 5. The second-order valence-corrected chi connectivity index (χ2v) is 7.64. The van der Waals surface area contributed by atoms with Gasteiger partial charge in [-0.05, 0) is 31.4 Å². The van der Waals surface area contributed by atoms with Gasteiger partial charge in [0.15, 0.2) is 5.82 Å². The molecule has 0 saturated carbocycles. The SMILES string of the molecule is CSc1ncnc(C(=O)N[C@H](C)c2cc(-c3nc4ccc(C(F)(F)F)cc4[nH]3)on2)c1C#N. The summed E-state index contributed by atoms with van der Waals surface area (Å²) in [6, 6.07) is 5.98. The van der Waals surface area contributed by atoms with E-state index in [-0.39, 0.29) is 28.4 Å². The second-order valence-electron chi connectivity index (χ2n) is 6.84. The smallest absolute Gasteiger partial charge is 0.353 e. The molecule has 1 amide bonds. The first-order chi connectivity index (χ1) is 15.7. The average Bonchev–Trinajstić information content (AvgIpc) is 3.44. The van der Waals surface area contributed by atoms with E-state index in [1.165, 1.54) is 30.2 Å². The Balaban J connectivity index is 1.55. The summed E-state index contributed by atoms with van der Waals surface area (Å²) in [4.78, 5) is 27.5. The molecule has 0 spiro atoms. The number of rotatable bonds is 5. The van der Waals surface area contributed by atoms with E-state index in [1.807, 2.05) is 6.07 Å². The Kier molecular flexibility index (Phi) is 5.77. The molecule has 0 aliphatic carbocycles. The Morgan fingerprint density at radius 1 is 1.30 bits per heavy atom. The molecule has 168 valence electrons. The summed E-state index contributed by atoms with van der Waals surface area (Å²) in [5.41, 5.74) is 0.0609. The summed E-state index contributed by atoms with van der Waals surface area (Å²) >= 11 is 1.22. The number of alkyl halides is 3. The Morgan fingerprint density at radius 2 is 2.09 bits per heavy atom. The van der Waals surface area contributed by atoms with E-state index in [0.29, 0.717) is 16.2 Å². The molecular weight excluding hydrogens is 459 g/mol. The first-order valence-electron chi connectivity index (χ1n) is 9.35. The fourth-order valence-corrected chi connectivity index (χ4v) is 3.54. The third-order valence-corrected chi connectivity index (χ3v) is 5.39. The van der Waals surface area contributed by atoms with Crippen LogP contribution in [0.1, 0.15) is 40.3 Å². The van der Waals surface area contributed by atoms with E-state index in [9.17, 15) is 23.2 Å². The zero-order chi connectivity index (χ0) is 23.8. The van der Waals surface area contributed by atoms with Crippen molar-refractivity contribution in [2.75, 3.05) is 6.26 Å². The number of nitrogens with zero attached hydrogens (tertiary/aromatic N) is 5. The number of carbonyl (C=O) groups is 1. The van der Waals surface area contributed by atoms with Crippen molar-refractivity contribution in [2.24, 2.45) is 0 Å². The Bertz CT molecular complexity index is 1390. The number of carbonyl (C=O) groups excluding carboxylic acids is 1. The predicted molar refractivity (Wildman–Crippen MR) is 111 cm³/mol. The Hall–Kier alpha value is -3.92. The van der Waals surface area contributed by atoms with Crippen LogP contribution >= 0.6 is 11.8 Å². The molecule has 0 fully saturated rings. The molecule has 0 radical (unpaired) electrons. The summed E-state index contributed by atoms with van der Waals surface area (Å²) in [6.45, 7) is 1.65. The van der Waals surface area contributed by atoms with Gasteiger partial charge in [0.2, 0.25) is 5.76 Å². The lowest BCUT2D eigenvalue weighted by atomic mass is 10.2. The van der Waals surface area contributed by atoms with Gasteiger partial charge in [0.05, 0.1) is 22.6 Å². The molecule has 4 rings (SSSR count). The number of benzene rings is 1. The zero-order valence-corrected chi connectivity index (χ0v) is 17.9. The molecule has 4 aromatic rings. The summed E-state index contributed by atoms with van der Waals surface area (Å²) in [5, 5.41) is 16.3. The monoisotopic (exact) mass is 473 g/mol. The van der Waals surface area contributed by atoms with E-state index >= 15 is 0 Å². The minimum Gasteiger partial charge on any atom is -0.353 e. The van der Waals surface area contributed by atoms with Crippen LogP contribution in [-0.4, -0.2) is 37.3 Å². The number of hydrogen-bond acceptors (Lipinski definition) is 8. The predicted octanol–water partition coefficient (Wildman–Crippen LogP) is 4.11. The molecule has 33 heavy (non-hydrogen) atoms. The normalized spacial score (nSPS) is 12.5. The average molecular weight is 473 g/mol. The molecule has 13 heteroatoms. The van der Waals surface area contributed by atoms with E-state index in [4.69, 9.17) is 4.52 Å². The zero-order valence-electron chi connectivity index (χ0n) is 17.1. The molecule has 0 unspecified atom stereocenters. The Morgan fingerprint density at radius 3 is 2.79 bits per heavy atom. The van der Waals surface area contributed by atoms with Crippen molar-refractivity contribution < 1.29 is 22.5 Å². The summed E-state index contributed by atoms with van der Waals surface area (Å²) in [6.07, 6.45) is -1.54. The maximum atomic E-state index is 12.9. The molecule has 0 aliphatic heterocycles. The van der Waals surface area contributed by atoms with Gasteiger partial charge >= 0.3 is 6.18 Å². The number of imidazole rings is 1. The van der Waals surface area contributed by atoms with Crippen LogP contribution in [0.2, 0.25) is 0 Å². The highest BCUT2D eigenvalue weighted by Crippen LogP contribution is 2.32. The lowest BCUT2D eigenvalue weighted by Gasteiger charge is -2.11. The minimum atomic E-state index is -4.47. The standard InChI is InChI=1S/C20H14F3N7O2S/c1-9(27-18(31)16-11(7-24)19(33-2)26-8-25-16)13-6-15(32-30-13)17-28-12-4-3-10(20(21,22)23)5-14(12)29-17/h3-6,8-9H,1-2H3,(H,27,31)(H,28,29)/t9-/m1/s1. The van der Waals surface area contributed by atoms with Crippen molar-refractivity contribution in [3.63, 3.8) is 0 Å². The molecule has 3 aromatic heterocycles. The lowest BCUT2D eigenvalue weighted by Crippen LogP contribution is -2.28. The van der Waals surface area contributed by atoms with E-state index in [0.717, 1.165) is 12.1 Å². The van der Waals surface area contributed by atoms with Crippen LogP contribution in [0.15, 0.2) is 40.1 Å². The number of amides is 1. The van der Waals surface area contributed by atoms with Crippen molar-refractivity contribution in [3.05, 3.63) is 53.1 Å². The van der Waals surface area contributed by atoms with Crippen molar-refractivity contribution in [1.82, 2.24) is 30.4 Å². The first-order valence-corrected chi connectivity index (χ1v) is 10.6. The number of nitrogens with one attached hydrogen (secondary N) is 2. The number of H-pyrrole nitrogens is 1. The minimum absolute atomic E-state index is 0.0647. The van der Waals surface area contributed by atoms with E-state index in [2.05, 4.69) is 30.4 Å². The van der Waals surface area contributed by atoms with Crippen LogP contribution < -0.4 is 5.32 Å². The van der Waals surface area contributed by atoms with Crippen LogP contribution in [0.3, 0.4) is 0 Å². The number of halogens is 3. The van der Waals surface area contributed by atoms with E-state index in [1.54, 1.807) is 13.2 Å². The highest BCUT2D eigenvalue weighted by Gasteiger charge is 2.31. The molecule has 9 nitrogen and oxygen atoms in total. The summed E-state index contributed by atoms with van der Waals surface area (Å²) < 4.78 is 44.1. The van der Waals surface area contributed by atoms with Crippen LogP contribution in [0, 0.1) is 11.3 Å². The van der Waals surface area contributed by atoms with Crippen molar-refractivity contribution in [3.8, 4) is 17.7 Å². The number of hydrogen-bond donors (Lipinski definition) is 2. The lowest BCUT2D eigenvalue weighted by molar-refractivity contribution is -0.137. The van der Waals surface area contributed by atoms with Gasteiger partial charge < -0.3 is 14.8 Å². The molecule has 3 heterocycles. The topological polar surface area (TPSA) is 133 Å². The number of nitriles is 1. The van der Waals surface area contributed by atoms with Gasteiger partial charge in [0.25, 0.3) is 5.91 Å². The van der Waals surface area contributed by atoms with Crippen molar-refractivity contribution in [2.45, 2.75) is 24.2 Å². The highest BCUT2D eigenvalue weighted by molar-refractivity contribution is 7.98. The molecular formula is C20H14F3N7O2S. The number of aromatic amines is 1. The van der Waals surface area contributed by atoms with Crippen LogP contribution in [-0.2, 0) is 6.18 Å². The second kappa shape index (κ2) is 8.55. The van der Waals surface area contributed by atoms with Gasteiger partial charge in [-0.2, -0.15) is 18.4 Å². The molecule has 2 N–H and O–H groups in total.